The lowest BCUT2D eigenvalue weighted by Crippen LogP contribution is -2.20. The summed E-state index contributed by atoms with van der Waals surface area (Å²) in [6.07, 6.45) is 5.87. The Labute approximate surface area is 146 Å². The lowest BCUT2D eigenvalue weighted by atomic mass is 10.00. The number of nitrogen functional groups attached to an aromatic ring is 1. The summed E-state index contributed by atoms with van der Waals surface area (Å²) >= 11 is 0. The number of hydrogen-bond acceptors (Lipinski definition) is 6. The number of nitrogens with two attached hydrogens (primary N) is 1. The van der Waals surface area contributed by atoms with Crippen LogP contribution in [-0.2, 0) is 13.0 Å². The van der Waals surface area contributed by atoms with Gasteiger partial charge in [-0.3, -0.25) is 9.88 Å². The van der Waals surface area contributed by atoms with Crippen LogP contribution in [0.3, 0.4) is 0 Å². The summed E-state index contributed by atoms with van der Waals surface area (Å²) in [5.74, 6) is 2.10. The molecule has 6 nitrogen and oxygen atoms in total. The van der Waals surface area contributed by atoms with Gasteiger partial charge in [-0.05, 0) is 49.1 Å². The van der Waals surface area contributed by atoms with Gasteiger partial charge >= 0.3 is 0 Å². The number of likely N-dealkylation sites (tertiary alicyclic amines) is 1. The first-order valence-corrected chi connectivity index (χ1v) is 8.56. The van der Waals surface area contributed by atoms with Crippen molar-refractivity contribution in [1.82, 2.24) is 20.0 Å². The van der Waals surface area contributed by atoms with Crippen molar-refractivity contribution < 1.29 is 4.52 Å². The van der Waals surface area contributed by atoms with E-state index in [1.807, 2.05) is 36.5 Å². The molecule has 0 bridgehead atoms. The first kappa shape index (κ1) is 15.8. The van der Waals surface area contributed by atoms with Gasteiger partial charge in [0.25, 0.3) is 0 Å². The van der Waals surface area contributed by atoms with Crippen molar-refractivity contribution >= 4 is 5.82 Å². The highest BCUT2D eigenvalue weighted by Gasteiger charge is 2.24. The van der Waals surface area contributed by atoms with Crippen LogP contribution in [-0.4, -0.2) is 33.1 Å². The fourth-order valence-electron chi connectivity index (χ4n) is 3.36. The molecule has 6 heteroatoms. The SMILES string of the molecule is Nc1ccc(CC2CCN(Cc3cc(-c4ccccn4)no3)C2)cn1. The molecule has 4 rings (SSSR count). The third kappa shape index (κ3) is 3.85. The van der Waals surface area contributed by atoms with Crippen LogP contribution >= 0.6 is 0 Å². The summed E-state index contributed by atoms with van der Waals surface area (Å²) in [5.41, 5.74) is 8.53. The highest BCUT2D eigenvalue weighted by atomic mass is 16.5. The zero-order valence-corrected chi connectivity index (χ0v) is 14.0. The molecule has 0 radical (unpaired) electrons. The monoisotopic (exact) mass is 335 g/mol. The zero-order chi connectivity index (χ0) is 17.1. The van der Waals surface area contributed by atoms with Crippen LogP contribution in [0, 0.1) is 5.92 Å². The van der Waals surface area contributed by atoms with E-state index in [2.05, 4.69) is 26.1 Å². The van der Waals surface area contributed by atoms with E-state index in [1.165, 1.54) is 12.0 Å². The summed E-state index contributed by atoms with van der Waals surface area (Å²) < 4.78 is 5.49. The van der Waals surface area contributed by atoms with Crippen LogP contribution in [0.5, 0.6) is 0 Å². The molecule has 3 aromatic rings. The van der Waals surface area contributed by atoms with Crippen molar-refractivity contribution in [2.24, 2.45) is 5.92 Å². The van der Waals surface area contributed by atoms with E-state index in [0.29, 0.717) is 11.7 Å². The molecule has 0 amide bonds. The average Bonchev–Trinajstić information content (AvgIpc) is 3.28. The number of rotatable bonds is 5. The zero-order valence-electron chi connectivity index (χ0n) is 14.0. The topological polar surface area (TPSA) is 81.1 Å². The molecule has 1 atom stereocenters. The molecule has 0 saturated carbocycles. The second-order valence-electron chi connectivity index (χ2n) is 6.58. The Bertz CT molecular complexity index is 815. The standard InChI is InChI=1S/C19H21N5O/c20-19-5-4-14(11-22-19)9-15-6-8-24(12-15)13-16-10-18(23-25-16)17-3-1-2-7-21-17/h1-5,7,10-11,15H,6,8-9,12-13H2,(H2,20,22). The molecule has 0 aliphatic carbocycles. The predicted molar refractivity (Wildman–Crippen MR) is 95.5 cm³/mol. The predicted octanol–water partition coefficient (Wildman–Crippen LogP) is 2.78. The highest BCUT2D eigenvalue weighted by Crippen LogP contribution is 2.24. The van der Waals surface area contributed by atoms with Crippen LogP contribution in [0.1, 0.15) is 17.7 Å². The van der Waals surface area contributed by atoms with Crippen molar-refractivity contribution in [2.45, 2.75) is 19.4 Å². The van der Waals surface area contributed by atoms with Crippen molar-refractivity contribution in [2.75, 3.05) is 18.8 Å². The minimum Gasteiger partial charge on any atom is -0.384 e. The number of aromatic nitrogens is 3. The van der Waals surface area contributed by atoms with E-state index in [9.17, 15) is 0 Å². The Kier molecular flexibility index (Phi) is 4.43. The summed E-state index contributed by atoms with van der Waals surface area (Å²) in [6.45, 7) is 2.92. The van der Waals surface area contributed by atoms with Gasteiger partial charge in [0.2, 0.25) is 0 Å². The van der Waals surface area contributed by atoms with Gasteiger partial charge < -0.3 is 10.3 Å². The minimum absolute atomic E-state index is 0.575. The normalized spacial score (nSPS) is 17.8. The maximum absolute atomic E-state index is 5.65. The summed E-state index contributed by atoms with van der Waals surface area (Å²) in [4.78, 5) is 10.9. The summed E-state index contributed by atoms with van der Waals surface area (Å²) in [5, 5.41) is 4.14. The molecule has 1 saturated heterocycles. The number of pyridine rings is 2. The minimum atomic E-state index is 0.575. The first-order valence-electron chi connectivity index (χ1n) is 8.56. The molecule has 128 valence electrons. The second-order valence-corrected chi connectivity index (χ2v) is 6.58. The first-order chi connectivity index (χ1) is 12.3. The molecule has 0 aromatic carbocycles. The van der Waals surface area contributed by atoms with E-state index in [0.717, 1.165) is 43.2 Å². The molecule has 25 heavy (non-hydrogen) atoms. The molecule has 1 unspecified atom stereocenters. The van der Waals surface area contributed by atoms with Gasteiger partial charge in [-0.25, -0.2) is 4.98 Å². The van der Waals surface area contributed by atoms with Crippen LogP contribution in [0.4, 0.5) is 5.82 Å². The van der Waals surface area contributed by atoms with Gasteiger partial charge in [0.05, 0.1) is 12.2 Å². The lowest BCUT2D eigenvalue weighted by Gasteiger charge is -2.14. The van der Waals surface area contributed by atoms with Gasteiger partial charge in [0.15, 0.2) is 5.76 Å². The molecular formula is C19H21N5O. The average molecular weight is 335 g/mol. The Morgan fingerprint density at radius 3 is 2.92 bits per heavy atom. The fraction of sp³-hybridized carbons (Fsp3) is 0.316. The van der Waals surface area contributed by atoms with Crippen molar-refractivity contribution in [1.29, 1.82) is 0 Å². The lowest BCUT2D eigenvalue weighted by molar-refractivity contribution is 0.266. The molecule has 2 N–H and O–H groups in total. The molecule has 1 aliphatic heterocycles. The number of hydrogen-bond donors (Lipinski definition) is 1. The third-order valence-electron chi connectivity index (χ3n) is 4.61. The molecule has 0 spiro atoms. The van der Waals surface area contributed by atoms with Crippen molar-refractivity contribution in [3.05, 3.63) is 60.1 Å². The van der Waals surface area contributed by atoms with E-state index < -0.39 is 0 Å². The smallest absolute Gasteiger partial charge is 0.151 e. The van der Waals surface area contributed by atoms with E-state index in [4.69, 9.17) is 10.3 Å². The van der Waals surface area contributed by atoms with Gasteiger partial charge in [0.1, 0.15) is 11.5 Å². The number of nitrogens with zero attached hydrogens (tertiary/aromatic N) is 4. The molecule has 3 aromatic heterocycles. The quantitative estimate of drug-likeness (QED) is 0.772. The third-order valence-corrected chi connectivity index (χ3v) is 4.61. The Balaban J connectivity index is 1.34. The maximum Gasteiger partial charge on any atom is 0.151 e. The highest BCUT2D eigenvalue weighted by molar-refractivity contribution is 5.52. The van der Waals surface area contributed by atoms with Crippen LogP contribution in [0.15, 0.2) is 53.3 Å². The summed E-state index contributed by atoms with van der Waals surface area (Å²) in [7, 11) is 0. The van der Waals surface area contributed by atoms with Crippen LogP contribution in [0.2, 0.25) is 0 Å². The largest absolute Gasteiger partial charge is 0.384 e. The Morgan fingerprint density at radius 1 is 1.16 bits per heavy atom. The maximum atomic E-state index is 5.65. The fourth-order valence-corrected chi connectivity index (χ4v) is 3.36. The van der Waals surface area contributed by atoms with E-state index >= 15 is 0 Å². The second kappa shape index (κ2) is 7.03. The summed E-state index contributed by atoms with van der Waals surface area (Å²) in [6, 6.07) is 11.7. The molecule has 1 fully saturated rings. The van der Waals surface area contributed by atoms with E-state index in [-0.39, 0.29) is 0 Å². The van der Waals surface area contributed by atoms with E-state index in [1.54, 1.807) is 6.20 Å². The van der Waals surface area contributed by atoms with Crippen LogP contribution in [0.25, 0.3) is 11.4 Å². The van der Waals surface area contributed by atoms with Crippen molar-refractivity contribution in [3.63, 3.8) is 0 Å². The Morgan fingerprint density at radius 2 is 2.12 bits per heavy atom. The Hall–Kier alpha value is -2.73. The van der Waals surface area contributed by atoms with Gasteiger partial charge in [-0.15, -0.1) is 0 Å². The van der Waals surface area contributed by atoms with Gasteiger partial charge in [-0.2, -0.15) is 0 Å². The molecule has 1 aliphatic rings. The number of anilines is 1. The van der Waals surface area contributed by atoms with Gasteiger partial charge in [0, 0.05) is 25.0 Å². The molecular weight excluding hydrogens is 314 g/mol. The van der Waals surface area contributed by atoms with Crippen LogP contribution < -0.4 is 5.73 Å². The van der Waals surface area contributed by atoms with Crippen molar-refractivity contribution in [3.8, 4) is 11.4 Å². The molecule has 4 heterocycles. The van der Waals surface area contributed by atoms with Gasteiger partial charge in [-0.1, -0.05) is 17.3 Å².